The Bertz CT molecular complexity index is 50.5. The predicted molar refractivity (Wildman–Crippen MR) is 40.2 cm³/mol. The van der Waals surface area contributed by atoms with Crippen molar-refractivity contribution in [3.05, 3.63) is 6.42 Å². The van der Waals surface area contributed by atoms with E-state index in [-0.39, 0.29) is 0 Å². The van der Waals surface area contributed by atoms with Crippen molar-refractivity contribution in [2.24, 2.45) is 5.92 Å². The molecule has 0 saturated carbocycles. The van der Waals surface area contributed by atoms with Gasteiger partial charge in [0.1, 0.15) is 0 Å². The first-order chi connectivity index (χ1) is 4.27. The van der Waals surface area contributed by atoms with Crippen molar-refractivity contribution < 1.29 is 4.74 Å². The highest BCUT2D eigenvalue weighted by atomic mass is 16.5. The fourth-order valence-electron chi connectivity index (χ4n) is 0.488. The van der Waals surface area contributed by atoms with Crippen LogP contribution in [0.3, 0.4) is 0 Å². The van der Waals surface area contributed by atoms with Gasteiger partial charge in [-0.1, -0.05) is 20.8 Å². The summed E-state index contributed by atoms with van der Waals surface area (Å²) < 4.78 is 5.24. The summed E-state index contributed by atoms with van der Waals surface area (Å²) in [6, 6.07) is 0. The normalized spacial score (nSPS) is 10.7. The summed E-state index contributed by atoms with van der Waals surface area (Å²) in [5.41, 5.74) is 0. The molecule has 1 nitrogen and oxygen atoms in total. The lowest BCUT2D eigenvalue weighted by Gasteiger charge is -2.03. The standard InChI is InChI=1S/C8H17O/c1-4-6-9-7-5-8(2)3/h5,8H,4,6-7H2,1-3H3. The third-order valence-electron chi connectivity index (χ3n) is 1.03. The van der Waals surface area contributed by atoms with Crippen molar-refractivity contribution >= 4 is 0 Å². The SMILES string of the molecule is CCCOC[CH]C(C)C. The Balaban J connectivity index is 2.75. The lowest BCUT2D eigenvalue weighted by Crippen LogP contribution is -2.00. The van der Waals surface area contributed by atoms with Crippen LogP contribution in [0.4, 0.5) is 0 Å². The molecule has 0 rings (SSSR count). The van der Waals surface area contributed by atoms with E-state index in [4.69, 9.17) is 4.74 Å². The zero-order chi connectivity index (χ0) is 7.11. The molecule has 0 atom stereocenters. The van der Waals surface area contributed by atoms with Crippen LogP contribution in [0.15, 0.2) is 0 Å². The minimum atomic E-state index is 0.654. The third kappa shape index (κ3) is 7.96. The van der Waals surface area contributed by atoms with E-state index in [1.807, 2.05) is 0 Å². The van der Waals surface area contributed by atoms with Gasteiger partial charge in [0.15, 0.2) is 0 Å². The fourth-order valence-corrected chi connectivity index (χ4v) is 0.488. The third-order valence-corrected chi connectivity index (χ3v) is 1.03. The van der Waals surface area contributed by atoms with Crippen LogP contribution in [0.25, 0.3) is 0 Å². The zero-order valence-electron chi connectivity index (χ0n) is 6.68. The van der Waals surface area contributed by atoms with E-state index in [0.717, 1.165) is 19.6 Å². The van der Waals surface area contributed by atoms with Gasteiger partial charge in [-0.3, -0.25) is 0 Å². The van der Waals surface area contributed by atoms with Crippen LogP contribution < -0.4 is 0 Å². The van der Waals surface area contributed by atoms with E-state index in [1.165, 1.54) is 0 Å². The molecule has 9 heavy (non-hydrogen) atoms. The average molecular weight is 129 g/mol. The van der Waals surface area contributed by atoms with Crippen LogP contribution >= 0.6 is 0 Å². The van der Waals surface area contributed by atoms with Crippen molar-refractivity contribution in [1.82, 2.24) is 0 Å². The summed E-state index contributed by atoms with van der Waals surface area (Å²) in [7, 11) is 0. The fraction of sp³-hybridized carbons (Fsp3) is 0.875. The first-order valence-electron chi connectivity index (χ1n) is 3.68. The molecule has 0 aliphatic rings. The van der Waals surface area contributed by atoms with Crippen LogP contribution in [-0.4, -0.2) is 13.2 Å². The van der Waals surface area contributed by atoms with Gasteiger partial charge in [0.05, 0.1) is 0 Å². The van der Waals surface area contributed by atoms with Gasteiger partial charge in [0, 0.05) is 13.2 Å². The molecule has 0 aliphatic heterocycles. The highest BCUT2D eigenvalue weighted by molar-refractivity contribution is 4.66. The van der Waals surface area contributed by atoms with Crippen molar-refractivity contribution in [2.75, 3.05) is 13.2 Å². The highest BCUT2D eigenvalue weighted by Gasteiger charge is 1.92. The van der Waals surface area contributed by atoms with Gasteiger partial charge < -0.3 is 4.74 Å². The van der Waals surface area contributed by atoms with E-state index in [2.05, 4.69) is 27.2 Å². The summed E-state index contributed by atoms with van der Waals surface area (Å²) in [6.07, 6.45) is 3.29. The minimum Gasteiger partial charge on any atom is -0.381 e. The van der Waals surface area contributed by atoms with E-state index in [1.54, 1.807) is 0 Å². The summed E-state index contributed by atoms with van der Waals surface area (Å²) in [6.45, 7) is 8.15. The zero-order valence-corrected chi connectivity index (χ0v) is 6.68. The first-order valence-corrected chi connectivity index (χ1v) is 3.68. The largest absolute Gasteiger partial charge is 0.381 e. The van der Waals surface area contributed by atoms with Gasteiger partial charge in [0.2, 0.25) is 0 Å². The van der Waals surface area contributed by atoms with Crippen molar-refractivity contribution in [1.29, 1.82) is 0 Å². The number of ether oxygens (including phenoxy) is 1. The quantitative estimate of drug-likeness (QED) is 0.517. The number of rotatable bonds is 5. The minimum absolute atomic E-state index is 0.654. The smallest absolute Gasteiger partial charge is 0.0500 e. The predicted octanol–water partition coefficient (Wildman–Crippen LogP) is 2.27. The lowest BCUT2D eigenvalue weighted by molar-refractivity contribution is 0.149. The molecular formula is C8H17O. The average Bonchev–Trinajstić information content (AvgIpc) is 1.80. The summed E-state index contributed by atoms with van der Waals surface area (Å²) in [4.78, 5) is 0. The van der Waals surface area contributed by atoms with Gasteiger partial charge in [0.25, 0.3) is 0 Å². The summed E-state index contributed by atoms with van der Waals surface area (Å²) in [5, 5.41) is 0. The second-order valence-corrected chi connectivity index (χ2v) is 2.55. The molecule has 1 radical (unpaired) electrons. The molecule has 0 saturated heterocycles. The molecule has 0 bridgehead atoms. The maximum Gasteiger partial charge on any atom is 0.0500 e. The molecule has 0 amide bonds. The molecule has 1 heteroatoms. The van der Waals surface area contributed by atoms with Crippen molar-refractivity contribution in [2.45, 2.75) is 27.2 Å². The van der Waals surface area contributed by atoms with Gasteiger partial charge in [-0.25, -0.2) is 0 Å². The Morgan fingerprint density at radius 1 is 1.44 bits per heavy atom. The molecule has 0 aromatic rings. The highest BCUT2D eigenvalue weighted by Crippen LogP contribution is 1.97. The maximum absolute atomic E-state index is 5.24. The maximum atomic E-state index is 5.24. The Hall–Kier alpha value is -0.0400. The monoisotopic (exact) mass is 129 g/mol. The van der Waals surface area contributed by atoms with E-state index < -0.39 is 0 Å². The van der Waals surface area contributed by atoms with Crippen molar-refractivity contribution in [3.8, 4) is 0 Å². The molecule has 0 spiro atoms. The topological polar surface area (TPSA) is 9.23 Å². The lowest BCUT2D eigenvalue weighted by atomic mass is 10.1. The second-order valence-electron chi connectivity index (χ2n) is 2.55. The van der Waals surface area contributed by atoms with Gasteiger partial charge >= 0.3 is 0 Å². The van der Waals surface area contributed by atoms with Crippen molar-refractivity contribution in [3.63, 3.8) is 0 Å². The van der Waals surface area contributed by atoms with Gasteiger partial charge in [-0.2, -0.15) is 0 Å². The van der Waals surface area contributed by atoms with Crippen LogP contribution in [0, 0.1) is 12.3 Å². The Morgan fingerprint density at radius 3 is 2.56 bits per heavy atom. The summed E-state index contributed by atoms with van der Waals surface area (Å²) >= 11 is 0. The molecule has 0 aromatic carbocycles. The van der Waals surface area contributed by atoms with Crippen LogP contribution in [-0.2, 0) is 4.74 Å². The summed E-state index contributed by atoms with van der Waals surface area (Å²) in [5.74, 6) is 0.654. The van der Waals surface area contributed by atoms with Crippen LogP contribution in [0.1, 0.15) is 27.2 Å². The Morgan fingerprint density at radius 2 is 2.11 bits per heavy atom. The Kier molecular flexibility index (Phi) is 6.06. The van der Waals surface area contributed by atoms with Gasteiger partial charge in [-0.15, -0.1) is 0 Å². The molecule has 0 unspecified atom stereocenters. The van der Waals surface area contributed by atoms with Crippen LogP contribution in [0.5, 0.6) is 0 Å². The molecule has 0 aromatic heterocycles. The molecule has 0 N–H and O–H groups in total. The second kappa shape index (κ2) is 6.09. The number of hydrogen-bond donors (Lipinski definition) is 0. The Labute approximate surface area is 58.4 Å². The first kappa shape index (κ1) is 8.96. The molecule has 0 heterocycles. The van der Waals surface area contributed by atoms with E-state index in [9.17, 15) is 0 Å². The molecule has 55 valence electrons. The van der Waals surface area contributed by atoms with Crippen LogP contribution in [0.2, 0.25) is 0 Å². The molecule has 0 fully saturated rings. The molecular weight excluding hydrogens is 112 g/mol. The number of hydrogen-bond acceptors (Lipinski definition) is 1. The van der Waals surface area contributed by atoms with E-state index >= 15 is 0 Å². The van der Waals surface area contributed by atoms with E-state index in [0.29, 0.717) is 5.92 Å². The molecule has 0 aliphatic carbocycles. The van der Waals surface area contributed by atoms with Gasteiger partial charge in [-0.05, 0) is 18.8 Å².